The molecule has 1 amide bonds. The molecular formula is C24H14F3NO4. The number of fused-ring (bicyclic) bond motifs is 2. The molecule has 5 rings (SSSR count). The Labute approximate surface area is 178 Å². The van der Waals surface area contributed by atoms with Crippen molar-refractivity contribution in [3.63, 3.8) is 0 Å². The Bertz CT molecular complexity index is 1420. The lowest BCUT2D eigenvalue weighted by Crippen LogP contribution is -2.29. The molecule has 1 N–H and O–H groups in total. The van der Waals surface area contributed by atoms with Gasteiger partial charge in [0.05, 0.1) is 22.6 Å². The van der Waals surface area contributed by atoms with Gasteiger partial charge in [-0.25, -0.2) is 0 Å². The lowest BCUT2D eigenvalue weighted by atomic mass is 9.98. The fourth-order valence-electron chi connectivity index (χ4n) is 3.99. The molecule has 1 aromatic heterocycles. The highest BCUT2D eigenvalue weighted by Crippen LogP contribution is 2.42. The van der Waals surface area contributed by atoms with Gasteiger partial charge in [0.1, 0.15) is 11.3 Å². The molecule has 0 spiro atoms. The van der Waals surface area contributed by atoms with Crippen LogP contribution in [0.3, 0.4) is 0 Å². The molecule has 0 radical (unpaired) electrons. The summed E-state index contributed by atoms with van der Waals surface area (Å²) in [7, 11) is 0. The van der Waals surface area contributed by atoms with E-state index >= 15 is 0 Å². The van der Waals surface area contributed by atoms with Crippen LogP contribution < -0.4 is 10.3 Å². The molecule has 2 heterocycles. The maximum atomic E-state index is 13.4. The van der Waals surface area contributed by atoms with E-state index in [9.17, 15) is 27.9 Å². The van der Waals surface area contributed by atoms with Gasteiger partial charge in [-0.05, 0) is 48.0 Å². The third kappa shape index (κ3) is 3.03. The molecule has 8 heteroatoms. The minimum absolute atomic E-state index is 0.0299. The Morgan fingerprint density at radius 1 is 0.906 bits per heavy atom. The predicted molar refractivity (Wildman–Crippen MR) is 111 cm³/mol. The van der Waals surface area contributed by atoms with Gasteiger partial charge < -0.3 is 9.52 Å². The standard InChI is InChI=1S/C24H14F3NO4/c25-24(26,27)14-4-3-5-15(12-14)28-20(13-8-10-16(29)11-9-13)19-21(30)17-6-1-2-7-18(17)32-22(19)23(28)31/h1-12,20,29H. The van der Waals surface area contributed by atoms with Gasteiger partial charge >= 0.3 is 6.18 Å². The first-order valence-corrected chi connectivity index (χ1v) is 9.61. The number of anilines is 1. The Hall–Kier alpha value is -4.07. The van der Waals surface area contributed by atoms with Crippen LogP contribution in [0, 0.1) is 0 Å². The number of rotatable bonds is 2. The van der Waals surface area contributed by atoms with E-state index in [0.717, 1.165) is 17.0 Å². The Morgan fingerprint density at radius 2 is 1.62 bits per heavy atom. The van der Waals surface area contributed by atoms with Crippen molar-refractivity contribution in [2.45, 2.75) is 12.2 Å². The zero-order valence-corrected chi connectivity index (χ0v) is 16.3. The first-order valence-electron chi connectivity index (χ1n) is 9.61. The number of hydrogen-bond donors (Lipinski definition) is 1. The smallest absolute Gasteiger partial charge is 0.416 e. The van der Waals surface area contributed by atoms with Crippen LogP contribution in [0.25, 0.3) is 11.0 Å². The number of carbonyl (C=O) groups excluding carboxylic acids is 1. The van der Waals surface area contributed by atoms with E-state index in [1.807, 2.05) is 0 Å². The largest absolute Gasteiger partial charge is 0.508 e. The summed E-state index contributed by atoms with van der Waals surface area (Å²) in [5.74, 6) is -0.973. The number of amides is 1. The number of para-hydroxylation sites is 1. The predicted octanol–water partition coefficient (Wildman–Crippen LogP) is 5.27. The number of hydrogen-bond acceptors (Lipinski definition) is 4. The van der Waals surface area contributed by atoms with Crippen molar-refractivity contribution in [1.82, 2.24) is 0 Å². The average Bonchev–Trinajstić information content (AvgIpc) is 3.07. The summed E-state index contributed by atoms with van der Waals surface area (Å²) in [6, 6.07) is 15.5. The number of phenols is 1. The number of benzene rings is 3. The number of nitrogens with zero attached hydrogens (tertiary/aromatic N) is 1. The van der Waals surface area contributed by atoms with Crippen LogP contribution in [0.4, 0.5) is 18.9 Å². The van der Waals surface area contributed by atoms with E-state index in [1.165, 1.54) is 36.4 Å². The molecule has 4 aromatic rings. The van der Waals surface area contributed by atoms with Crippen LogP contribution in [-0.2, 0) is 6.18 Å². The third-order valence-electron chi connectivity index (χ3n) is 5.44. The van der Waals surface area contributed by atoms with Gasteiger partial charge in [0, 0.05) is 5.69 Å². The number of halogens is 3. The van der Waals surface area contributed by atoms with E-state index in [-0.39, 0.29) is 33.7 Å². The maximum Gasteiger partial charge on any atom is 0.416 e. The van der Waals surface area contributed by atoms with Crippen molar-refractivity contribution >= 4 is 22.6 Å². The molecule has 1 unspecified atom stereocenters. The van der Waals surface area contributed by atoms with Crippen molar-refractivity contribution in [3.05, 3.63) is 105 Å². The first kappa shape index (κ1) is 19.9. The molecule has 0 fully saturated rings. The van der Waals surface area contributed by atoms with Crippen LogP contribution >= 0.6 is 0 Å². The normalized spacial score (nSPS) is 15.9. The van der Waals surface area contributed by atoms with Crippen molar-refractivity contribution in [2.75, 3.05) is 4.90 Å². The summed E-state index contributed by atoms with van der Waals surface area (Å²) < 4.78 is 45.8. The van der Waals surface area contributed by atoms with Crippen molar-refractivity contribution in [3.8, 4) is 5.75 Å². The lowest BCUT2D eigenvalue weighted by Gasteiger charge is -2.26. The Morgan fingerprint density at radius 3 is 2.34 bits per heavy atom. The van der Waals surface area contributed by atoms with Crippen LogP contribution in [0.15, 0.2) is 82.0 Å². The second-order valence-corrected chi connectivity index (χ2v) is 7.39. The molecule has 160 valence electrons. The highest BCUT2D eigenvalue weighted by molar-refractivity contribution is 6.10. The van der Waals surface area contributed by atoms with E-state index in [4.69, 9.17) is 4.42 Å². The highest BCUT2D eigenvalue weighted by atomic mass is 19.4. The van der Waals surface area contributed by atoms with Gasteiger partial charge in [0.25, 0.3) is 5.91 Å². The summed E-state index contributed by atoms with van der Waals surface area (Å²) in [5.41, 5.74) is -0.709. The summed E-state index contributed by atoms with van der Waals surface area (Å²) >= 11 is 0. The van der Waals surface area contributed by atoms with Gasteiger partial charge in [-0.2, -0.15) is 13.2 Å². The topological polar surface area (TPSA) is 70.8 Å². The van der Waals surface area contributed by atoms with Crippen molar-refractivity contribution < 1.29 is 27.5 Å². The molecule has 3 aromatic carbocycles. The summed E-state index contributed by atoms with van der Waals surface area (Å²) in [6.45, 7) is 0. The third-order valence-corrected chi connectivity index (χ3v) is 5.44. The minimum atomic E-state index is -4.61. The zero-order chi connectivity index (χ0) is 22.6. The molecule has 32 heavy (non-hydrogen) atoms. The second kappa shape index (κ2) is 6.98. The SMILES string of the molecule is O=C1c2oc3ccccc3c(=O)c2C(c2ccc(O)cc2)N1c1cccc(C(F)(F)F)c1. The molecule has 0 saturated carbocycles. The van der Waals surface area contributed by atoms with Crippen LogP contribution in [0.5, 0.6) is 5.75 Å². The number of carbonyl (C=O) groups is 1. The monoisotopic (exact) mass is 437 g/mol. The zero-order valence-electron chi connectivity index (χ0n) is 16.3. The van der Waals surface area contributed by atoms with Gasteiger partial charge in [-0.15, -0.1) is 0 Å². The van der Waals surface area contributed by atoms with Crippen LogP contribution in [0.2, 0.25) is 0 Å². The van der Waals surface area contributed by atoms with Crippen molar-refractivity contribution in [2.24, 2.45) is 0 Å². The summed E-state index contributed by atoms with van der Waals surface area (Å²) in [5, 5.41) is 9.92. The van der Waals surface area contributed by atoms with Gasteiger partial charge in [-0.3, -0.25) is 14.5 Å². The average molecular weight is 437 g/mol. The fourth-order valence-corrected chi connectivity index (χ4v) is 3.99. The van der Waals surface area contributed by atoms with Crippen LogP contribution in [0.1, 0.15) is 33.3 Å². The van der Waals surface area contributed by atoms with E-state index in [1.54, 1.807) is 24.3 Å². The summed E-state index contributed by atoms with van der Waals surface area (Å²) in [4.78, 5) is 27.8. The molecule has 5 nitrogen and oxygen atoms in total. The molecule has 0 saturated heterocycles. The number of aromatic hydroxyl groups is 1. The molecule has 1 atom stereocenters. The highest BCUT2D eigenvalue weighted by Gasteiger charge is 2.44. The molecular weight excluding hydrogens is 423 g/mol. The lowest BCUT2D eigenvalue weighted by molar-refractivity contribution is -0.137. The van der Waals surface area contributed by atoms with E-state index < -0.39 is 29.1 Å². The van der Waals surface area contributed by atoms with E-state index in [0.29, 0.717) is 5.56 Å². The summed E-state index contributed by atoms with van der Waals surface area (Å²) in [6.07, 6.45) is -4.61. The first-order chi connectivity index (χ1) is 15.3. The van der Waals surface area contributed by atoms with E-state index in [2.05, 4.69) is 0 Å². The maximum absolute atomic E-state index is 13.4. The number of alkyl halides is 3. The van der Waals surface area contributed by atoms with Gasteiger partial charge in [0.15, 0.2) is 5.43 Å². The Balaban J connectivity index is 1.79. The fraction of sp³-hybridized carbons (Fsp3) is 0.0833. The second-order valence-electron chi connectivity index (χ2n) is 7.39. The molecule has 0 aliphatic carbocycles. The van der Waals surface area contributed by atoms with Crippen LogP contribution in [-0.4, -0.2) is 11.0 Å². The van der Waals surface area contributed by atoms with Crippen molar-refractivity contribution in [1.29, 1.82) is 0 Å². The molecule has 1 aliphatic heterocycles. The van der Waals surface area contributed by atoms with Gasteiger partial charge in [-0.1, -0.05) is 30.3 Å². The van der Waals surface area contributed by atoms with Gasteiger partial charge in [0.2, 0.25) is 5.76 Å². The Kier molecular flexibility index (Phi) is 4.33. The number of phenolic OH excluding ortho intramolecular Hbond substituents is 1. The minimum Gasteiger partial charge on any atom is -0.508 e. The molecule has 0 bridgehead atoms. The molecule has 1 aliphatic rings. The quantitative estimate of drug-likeness (QED) is 0.464.